The molecule has 1 heterocycles. The van der Waals surface area contributed by atoms with Crippen molar-refractivity contribution in [3.8, 4) is 6.07 Å². The molecule has 1 aliphatic rings. The summed E-state index contributed by atoms with van der Waals surface area (Å²) in [6.45, 7) is 7.50. The first-order chi connectivity index (χ1) is 8.63. The third kappa shape index (κ3) is 3.69. The number of piperazine rings is 1. The molecule has 0 saturated carbocycles. The molecule has 0 aromatic carbocycles. The van der Waals surface area contributed by atoms with E-state index in [9.17, 15) is 4.79 Å². The van der Waals surface area contributed by atoms with E-state index in [0.29, 0.717) is 0 Å². The van der Waals surface area contributed by atoms with Crippen LogP contribution < -0.4 is 5.32 Å². The molecule has 1 rings (SSSR count). The van der Waals surface area contributed by atoms with E-state index in [1.54, 1.807) is 7.05 Å². The van der Waals surface area contributed by atoms with Crippen molar-refractivity contribution < 1.29 is 4.79 Å². The first-order valence-corrected chi connectivity index (χ1v) is 6.73. The van der Waals surface area contributed by atoms with Crippen molar-refractivity contribution in [1.29, 1.82) is 5.26 Å². The fraction of sp³-hybridized carbons (Fsp3) is 0.846. The Bertz CT molecular complexity index is 305. The van der Waals surface area contributed by atoms with Crippen molar-refractivity contribution in [1.82, 2.24) is 15.1 Å². The second-order valence-corrected chi connectivity index (χ2v) is 4.80. The van der Waals surface area contributed by atoms with Gasteiger partial charge in [0.2, 0.25) is 5.91 Å². The van der Waals surface area contributed by atoms with Gasteiger partial charge in [0, 0.05) is 33.2 Å². The highest BCUT2D eigenvalue weighted by Crippen LogP contribution is 2.12. The van der Waals surface area contributed by atoms with Crippen LogP contribution in [0.2, 0.25) is 0 Å². The summed E-state index contributed by atoms with van der Waals surface area (Å²) < 4.78 is 0. The van der Waals surface area contributed by atoms with Gasteiger partial charge in [-0.25, -0.2) is 0 Å². The Labute approximate surface area is 110 Å². The number of nitrogens with one attached hydrogen (secondary N) is 1. The van der Waals surface area contributed by atoms with Crippen molar-refractivity contribution in [3.05, 3.63) is 0 Å². The zero-order chi connectivity index (χ0) is 13.5. The number of nitriles is 1. The topological polar surface area (TPSA) is 59.4 Å². The van der Waals surface area contributed by atoms with Crippen molar-refractivity contribution >= 4 is 5.91 Å². The Morgan fingerprint density at radius 1 is 1.33 bits per heavy atom. The lowest BCUT2D eigenvalue weighted by Gasteiger charge is -2.39. The molecular formula is C13H24N4O. The van der Waals surface area contributed by atoms with Gasteiger partial charge in [-0.2, -0.15) is 5.26 Å². The molecule has 0 aliphatic carbocycles. The van der Waals surface area contributed by atoms with Gasteiger partial charge in [-0.1, -0.05) is 13.3 Å². The van der Waals surface area contributed by atoms with Crippen LogP contribution in [-0.4, -0.2) is 61.0 Å². The van der Waals surface area contributed by atoms with Gasteiger partial charge in [-0.05, 0) is 13.3 Å². The summed E-state index contributed by atoms with van der Waals surface area (Å²) in [5.74, 6) is 0.0637. The molecule has 0 bridgehead atoms. The van der Waals surface area contributed by atoms with Gasteiger partial charge in [-0.3, -0.25) is 14.6 Å². The van der Waals surface area contributed by atoms with Crippen LogP contribution in [0.4, 0.5) is 0 Å². The number of rotatable bonds is 5. The van der Waals surface area contributed by atoms with Crippen LogP contribution in [0.15, 0.2) is 0 Å². The standard InChI is InChI=1S/C13H24N4O/c1-4-5-12(10-14)17-8-6-16(7-9-17)11(2)13(18)15-3/h11-12H,4-9H2,1-3H3,(H,15,18). The van der Waals surface area contributed by atoms with Crippen LogP contribution in [0.1, 0.15) is 26.7 Å². The SMILES string of the molecule is CCCC(C#N)N1CCN(C(C)C(=O)NC)CC1. The van der Waals surface area contributed by atoms with E-state index >= 15 is 0 Å². The summed E-state index contributed by atoms with van der Waals surface area (Å²) in [7, 11) is 1.67. The predicted octanol–water partition coefficient (Wildman–Crippen LogP) is 0.431. The quantitative estimate of drug-likeness (QED) is 0.771. The summed E-state index contributed by atoms with van der Waals surface area (Å²) in [6.07, 6.45) is 1.97. The number of carbonyl (C=O) groups excluding carboxylic acids is 1. The maximum atomic E-state index is 11.6. The molecule has 0 aromatic heterocycles. The molecule has 2 unspecified atom stereocenters. The number of hydrogen-bond acceptors (Lipinski definition) is 4. The van der Waals surface area contributed by atoms with Gasteiger partial charge >= 0.3 is 0 Å². The third-order valence-corrected chi connectivity index (χ3v) is 3.67. The fourth-order valence-electron chi connectivity index (χ4n) is 2.41. The average Bonchev–Trinajstić information content (AvgIpc) is 2.43. The van der Waals surface area contributed by atoms with Crippen molar-refractivity contribution in [2.75, 3.05) is 33.2 Å². The minimum atomic E-state index is -0.0798. The Kier molecular flexibility index (Phi) is 6.10. The molecule has 0 spiro atoms. The number of carbonyl (C=O) groups is 1. The molecule has 18 heavy (non-hydrogen) atoms. The van der Waals surface area contributed by atoms with Gasteiger partial charge in [0.05, 0.1) is 18.2 Å². The maximum Gasteiger partial charge on any atom is 0.236 e. The third-order valence-electron chi connectivity index (χ3n) is 3.67. The first-order valence-electron chi connectivity index (χ1n) is 6.73. The first kappa shape index (κ1) is 14.9. The lowest BCUT2D eigenvalue weighted by molar-refractivity contribution is -0.126. The average molecular weight is 252 g/mol. The molecule has 0 aromatic rings. The van der Waals surface area contributed by atoms with E-state index in [2.05, 4.69) is 28.1 Å². The normalized spacial score (nSPS) is 21.0. The zero-order valence-electron chi connectivity index (χ0n) is 11.6. The molecule has 5 nitrogen and oxygen atoms in total. The lowest BCUT2D eigenvalue weighted by Crippen LogP contribution is -2.55. The molecule has 1 N–H and O–H groups in total. The molecule has 1 saturated heterocycles. The van der Waals surface area contributed by atoms with E-state index < -0.39 is 0 Å². The summed E-state index contributed by atoms with van der Waals surface area (Å²) >= 11 is 0. The van der Waals surface area contributed by atoms with Crippen molar-refractivity contribution in [3.63, 3.8) is 0 Å². The predicted molar refractivity (Wildman–Crippen MR) is 71.0 cm³/mol. The second kappa shape index (κ2) is 7.34. The monoisotopic (exact) mass is 252 g/mol. The molecular weight excluding hydrogens is 228 g/mol. The van der Waals surface area contributed by atoms with Crippen molar-refractivity contribution in [2.24, 2.45) is 0 Å². The van der Waals surface area contributed by atoms with Crippen LogP contribution in [0, 0.1) is 11.3 Å². The van der Waals surface area contributed by atoms with Gasteiger partial charge in [-0.15, -0.1) is 0 Å². The largest absolute Gasteiger partial charge is 0.358 e. The highest BCUT2D eigenvalue weighted by atomic mass is 16.2. The minimum absolute atomic E-state index is 0.0347. The van der Waals surface area contributed by atoms with Gasteiger partial charge in [0.15, 0.2) is 0 Å². The summed E-state index contributed by atoms with van der Waals surface area (Å²) in [4.78, 5) is 16.0. The number of amides is 1. The summed E-state index contributed by atoms with van der Waals surface area (Å²) in [5.41, 5.74) is 0. The van der Waals surface area contributed by atoms with Crippen LogP contribution in [0.25, 0.3) is 0 Å². The summed E-state index contributed by atoms with van der Waals surface area (Å²) in [6, 6.07) is 2.33. The smallest absolute Gasteiger partial charge is 0.236 e. The van der Waals surface area contributed by atoms with Crippen LogP contribution in [-0.2, 0) is 4.79 Å². The minimum Gasteiger partial charge on any atom is -0.358 e. The van der Waals surface area contributed by atoms with Gasteiger partial charge in [0.1, 0.15) is 0 Å². The lowest BCUT2D eigenvalue weighted by atomic mass is 10.1. The number of likely N-dealkylation sites (N-methyl/N-ethyl adjacent to an activating group) is 1. The highest BCUT2D eigenvalue weighted by molar-refractivity contribution is 5.80. The highest BCUT2D eigenvalue weighted by Gasteiger charge is 2.27. The molecule has 102 valence electrons. The Balaban J connectivity index is 2.45. The van der Waals surface area contributed by atoms with E-state index in [1.165, 1.54) is 0 Å². The molecule has 2 atom stereocenters. The Morgan fingerprint density at radius 3 is 2.33 bits per heavy atom. The second-order valence-electron chi connectivity index (χ2n) is 4.80. The molecule has 1 fully saturated rings. The van der Waals surface area contributed by atoms with Gasteiger partial charge < -0.3 is 5.32 Å². The Hall–Kier alpha value is -1.12. The number of hydrogen-bond donors (Lipinski definition) is 1. The fourth-order valence-corrected chi connectivity index (χ4v) is 2.41. The molecule has 1 amide bonds. The van der Waals surface area contributed by atoms with Crippen LogP contribution in [0.5, 0.6) is 0 Å². The van der Waals surface area contributed by atoms with E-state index in [-0.39, 0.29) is 18.0 Å². The molecule has 0 radical (unpaired) electrons. The molecule has 5 heteroatoms. The van der Waals surface area contributed by atoms with Crippen LogP contribution in [0.3, 0.4) is 0 Å². The van der Waals surface area contributed by atoms with E-state index in [1.807, 2.05) is 6.92 Å². The zero-order valence-corrected chi connectivity index (χ0v) is 11.6. The molecule has 1 aliphatic heterocycles. The van der Waals surface area contributed by atoms with Crippen LogP contribution >= 0.6 is 0 Å². The van der Waals surface area contributed by atoms with E-state index in [4.69, 9.17) is 5.26 Å². The van der Waals surface area contributed by atoms with E-state index in [0.717, 1.165) is 39.0 Å². The van der Waals surface area contributed by atoms with Crippen molar-refractivity contribution in [2.45, 2.75) is 38.8 Å². The Morgan fingerprint density at radius 2 is 1.89 bits per heavy atom. The number of nitrogens with zero attached hydrogens (tertiary/aromatic N) is 3. The summed E-state index contributed by atoms with van der Waals surface area (Å²) in [5, 5.41) is 11.8. The maximum absolute atomic E-state index is 11.6. The van der Waals surface area contributed by atoms with Gasteiger partial charge in [0.25, 0.3) is 0 Å².